The lowest BCUT2D eigenvalue weighted by atomic mass is 10.2. The highest BCUT2D eigenvalue weighted by atomic mass is 16.2. The van der Waals surface area contributed by atoms with Crippen LogP contribution >= 0.6 is 0 Å². The van der Waals surface area contributed by atoms with Crippen molar-refractivity contribution in [3.8, 4) is 6.07 Å². The Hall–Kier alpha value is -3.33. The third kappa shape index (κ3) is 3.84. The molecule has 0 heterocycles. The lowest BCUT2D eigenvalue weighted by Gasteiger charge is -2.19. The van der Waals surface area contributed by atoms with Crippen molar-refractivity contribution in [3.05, 3.63) is 65.7 Å². The number of nitrogens with zero attached hydrogens (tertiary/aromatic N) is 2. The second-order valence-electron chi connectivity index (χ2n) is 4.53. The van der Waals surface area contributed by atoms with Gasteiger partial charge in [-0.2, -0.15) is 5.26 Å². The Labute approximate surface area is 127 Å². The summed E-state index contributed by atoms with van der Waals surface area (Å²) < 4.78 is 0. The molecule has 0 aliphatic rings. The first-order chi connectivity index (χ1) is 10.6. The SMILES string of the molecule is N#Cc1cccc(NC(=O)N(Cc2ccccc2)C(N)=O)c1. The fraction of sp³-hybridized carbons (Fsp3) is 0.0625. The molecule has 2 aromatic carbocycles. The fourth-order valence-electron chi connectivity index (χ4n) is 1.87. The Kier molecular flexibility index (Phi) is 4.73. The summed E-state index contributed by atoms with van der Waals surface area (Å²) in [4.78, 5) is 24.6. The van der Waals surface area contributed by atoms with Gasteiger partial charge >= 0.3 is 12.1 Å². The highest BCUT2D eigenvalue weighted by molar-refractivity contribution is 6.00. The van der Waals surface area contributed by atoms with E-state index in [4.69, 9.17) is 11.0 Å². The molecule has 0 saturated carbocycles. The Morgan fingerprint density at radius 1 is 1.14 bits per heavy atom. The Morgan fingerprint density at radius 2 is 1.86 bits per heavy atom. The minimum atomic E-state index is -0.849. The minimum absolute atomic E-state index is 0.0694. The molecule has 0 radical (unpaired) electrons. The number of urea groups is 2. The zero-order valence-electron chi connectivity index (χ0n) is 11.7. The van der Waals surface area contributed by atoms with E-state index in [0.717, 1.165) is 10.5 Å². The topological polar surface area (TPSA) is 99.2 Å². The van der Waals surface area contributed by atoms with Crippen LogP contribution in [0.1, 0.15) is 11.1 Å². The monoisotopic (exact) mass is 294 g/mol. The van der Waals surface area contributed by atoms with Crippen LogP contribution in [0.2, 0.25) is 0 Å². The number of benzene rings is 2. The van der Waals surface area contributed by atoms with Gasteiger partial charge in [0.25, 0.3) is 0 Å². The molecule has 0 aromatic heterocycles. The van der Waals surface area contributed by atoms with Crippen molar-refractivity contribution in [1.82, 2.24) is 4.90 Å². The predicted octanol–water partition coefficient (Wildman–Crippen LogP) is 2.67. The summed E-state index contributed by atoms with van der Waals surface area (Å²) in [6.07, 6.45) is 0. The standard InChI is InChI=1S/C16H14N4O2/c17-10-13-7-4-8-14(9-13)19-16(22)20(15(18)21)11-12-5-2-1-3-6-12/h1-9H,11H2,(H2,18,21)(H,19,22). The summed E-state index contributed by atoms with van der Waals surface area (Å²) in [5.74, 6) is 0. The minimum Gasteiger partial charge on any atom is -0.351 e. The van der Waals surface area contributed by atoms with E-state index in [1.165, 1.54) is 6.07 Å². The number of nitriles is 1. The van der Waals surface area contributed by atoms with Crippen LogP contribution in [-0.2, 0) is 6.54 Å². The van der Waals surface area contributed by atoms with Gasteiger partial charge in [-0.05, 0) is 23.8 Å². The Balaban J connectivity index is 2.13. The van der Waals surface area contributed by atoms with Crippen LogP contribution in [0.4, 0.5) is 15.3 Å². The predicted molar refractivity (Wildman–Crippen MR) is 81.7 cm³/mol. The molecule has 6 nitrogen and oxygen atoms in total. The van der Waals surface area contributed by atoms with Crippen LogP contribution in [0, 0.1) is 11.3 Å². The fourth-order valence-corrected chi connectivity index (χ4v) is 1.87. The number of imide groups is 1. The molecule has 22 heavy (non-hydrogen) atoms. The first-order valence-corrected chi connectivity index (χ1v) is 6.52. The normalized spacial score (nSPS) is 9.59. The van der Waals surface area contributed by atoms with Gasteiger partial charge in [-0.3, -0.25) is 0 Å². The number of rotatable bonds is 3. The van der Waals surface area contributed by atoms with Crippen molar-refractivity contribution >= 4 is 17.7 Å². The lowest BCUT2D eigenvalue weighted by Crippen LogP contribution is -2.42. The van der Waals surface area contributed by atoms with Gasteiger partial charge in [0.2, 0.25) is 0 Å². The lowest BCUT2D eigenvalue weighted by molar-refractivity contribution is 0.198. The molecule has 0 aliphatic carbocycles. The highest BCUT2D eigenvalue weighted by Gasteiger charge is 2.19. The van der Waals surface area contributed by atoms with Crippen molar-refractivity contribution < 1.29 is 9.59 Å². The molecule has 0 fully saturated rings. The smallest absolute Gasteiger partial charge is 0.330 e. The summed E-state index contributed by atoms with van der Waals surface area (Å²) in [6.45, 7) is 0.0694. The molecule has 6 heteroatoms. The number of nitrogens with two attached hydrogens (primary N) is 1. The molecule has 0 saturated heterocycles. The number of carbonyl (C=O) groups excluding carboxylic acids is 2. The van der Waals surface area contributed by atoms with Gasteiger partial charge in [-0.1, -0.05) is 36.4 Å². The maximum atomic E-state index is 12.2. The average Bonchev–Trinajstić information content (AvgIpc) is 2.53. The number of anilines is 1. The molecule has 2 aromatic rings. The third-order valence-corrected chi connectivity index (χ3v) is 2.94. The van der Waals surface area contributed by atoms with E-state index < -0.39 is 12.1 Å². The molecule has 0 bridgehead atoms. The molecule has 0 unspecified atom stereocenters. The van der Waals surface area contributed by atoms with Gasteiger partial charge in [-0.25, -0.2) is 14.5 Å². The Bertz CT molecular complexity index is 722. The van der Waals surface area contributed by atoms with Crippen molar-refractivity contribution in [2.45, 2.75) is 6.54 Å². The van der Waals surface area contributed by atoms with Crippen molar-refractivity contribution in [1.29, 1.82) is 5.26 Å². The number of carbonyl (C=O) groups is 2. The van der Waals surface area contributed by atoms with Crippen LogP contribution in [0.25, 0.3) is 0 Å². The van der Waals surface area contributed by atoms with Gasteiger partial charge in [0.1, 0.15) is 0 Å². The zero-order chi connectivity index (χ0) is 15.9. The number of amides is 4. The second-order valence-corrected chi connectivity index (χ2v) is 4.53. The van der Waals surface area contributed by atoms with E-state index in [-0.39, 0.29) is 6.54 Å². The summed E-state index contributed by atoms with van der Waals surface area (Å²) in [5, 5.41) is 11.4. The van der Waals surface area contributed by atoms with Gasteiger partial charge in [0.15, 0.2) is 0 Å². The maximum absolute atomic E-state index is 12.2. The van der Waals surface area contributed by atoms with Crippen LogP contribution in [0.3, 0.4) is 0 Å². The molecule has 0 atom stereocenters. The van der Waals surface area contributed by atoms with Crippen molar-refractivity contribution in [2.24, 2.45) is 5.73 Å². The van der Waals surface area contributed by atoms with Crippen LogP contribution in [0.5, 0.6) is 0 Å². The summed E-state index contributed by atoms with van der Waals surface area (Å²) >= 11 is 0. The highest BCUT2D eigenvalue weighted by Crippen LogP contribution is 2.12. The number of hydrogen-bond acceptors (Lipinski definition) is 3. The largest absolute Gasteiger partial charge is 0.351 e. The van der Waals surface area contributed by atoms with E-state index in [1.807, 2.05) is 24.3 Å². The molecule has 3 N–H and O–H groups in total. The molecular weight excluding hydrogens is 280 g/mol. The van der Waals surface area contributed by atoms with Gasteiger partial charge in [-0.15, -0.1) is 0 Å². The van der Waals surface area contributed by atoms with Gasteiger partial charge in [0, 0.05) is 5.69 Å². The number of nitrogens with one attached hydrogen (secondary N) is 1. The van der Waals surface area contributed by atoms with Crippen molar-refractivity contribution in [3.63, 3.8) is 0 Å². The number of hydrogen-bond donors (Lipinski definition) is 2. The van der Waals surface area contributed by atoms with E-state index in [2.05, 4.69) is 5.32 Å². The molecule has 2 rings (SSSR count). The van der Waals surface area contributed by atoms with E-state index in [0.29, 0.717) is 11.3 Å². The second kappa shape index (κ2) is 6.90. The Morgan fingerprint density at radius 3 is 2.50 bits per heavy atom. The quantitative estimate of drug-likeness (QED) is 0.910. The zero-order valence-corrected chi connectivity index (χ0v) is 11.7. The molecule has 0 aliphatic heterocycles. The molecule has 0 spiro atoms. The van der Waals surface area contributed by atoms with Gasteiger partial charge in [0.05, 0.1) is 18.2 Å². The van der Waals surface area contributed by atoms with Crippen molar-refractivity contribution in [2.75, 3.05) is 5.32 Å². The summed E-state index contributed by atoms with van der Waals surface area (Å²) in [7, 11) is 0. The molecule has 110 valence electrons. The molecule has 4 amide bonds. The van der Waals surface area contributed by atoms with Gasteiger partial charge < -0.3 is 11.1 Å². The summed E-state index contributed by atoms with van der Waals surface area (Å²) in [6, 6.07) is 15.9. The van der Waals surface area contributed by atoms with E-state index in [1.54, 1.807) is 30.3 Å². The molecular formula is C16H14N4O2. The van der Waals surface area contributed by atoms with E-state index >= 15 is 0 Å². The maximum Gasteiger partial charge on any atom is 0.330 e. The average molecular weight is 294 g/mol. The van der Waals surface area contributed by atoms with Crippen LogP contribution in [0.15, 0.2) is 54.6 Å². The van der Waals surface area contributed by atoms with Crippen LogP contribution < -0.4 is 11.1 Å². The van der Waals surface area contributed by atoms with E-state index in [9.17, 15) is 9.59 Å². The number of primary amides is 1. The first kappa shape index (κ1) is 15.1. The first-order valence-electron chi connectivity index (χ1n) is 6.52. The third-order valence-electron chi connectivity index (χ3n) is 2.94. The van der Waals surface area contributed by atoms with Crippen LogP contribution in [-0.4, -0.2) is 17.0 Å². The summed E-state index contributed by atoms with van der Waals surface area (Å²) in [5.41, 5.74) is 6.88.